The van der Waals surface area contributed by atoms with Gasteiger partial charge in [-0.15, -0.1) is 0 Å². The Morgan fingerprint density at radius 1 is 1.14 bits per heavy atom. The van der Waals surface area contributed by atoms with Crippen LogP contribution in [0, 0.1) is 5.92 Å². The van der Waals surface area contributed by atoms with Crippen molar-refractivity contribution in [3.05, 3.63) is 17.7 Å². The lowest BCUT2D eigenvalue weighted by atomic mass is 9.95. The Bertz CT molecular complexity index is 594. The summed E-state index contributed by atoms with van der Waals surface area (Å²) in [6.07, 6.45) is 1.18. The van der Waals surface area contributed by atoms with Crippen molar-refractivity contribution >= 4 is 17.5 Å². The molecule has 112 valence electrons. The Morgan fingerprint density at radius 3 is 2.38 bits per heavy atom. The molecular weight excluding hydrogens is 274 g/mol. The van der Waals surface area contributed by atoms with E-state index in [4.69, 9.17) is 20.9 Å². The zero-order valence-electron chi connectivity index (χ0n) is 11.5. The summed E-state index contributed by atoms with van der Waals surface area (Å²) in [5.74, 6) is 0.470. The molecule has 21 heavy (non-hydrogen) atoms. The van der Waals surface area contributed by atoms with Crippen molar-refractivity contribution < 1.29 is 19.1 Å². The summed E-state index contributed by atoms with van der Waals surface area (Å²) < 4.78 is 10.5. The minimum absolute atomic E-state index is 0.135. The van der Waals surface area contributed by atoms with Crippen LogP contribution >= 0.6 is 0 Å². The monoisotopic (exact) mass is 291 g/mol. The quantitative estimate of drug-likeness (QED) is 0.764. The molecule has 3 rings (SSSR count). The van der Waals surface area contributed by atoms with Gasteiger partial charge in [0.05, 0.1) is 5.56 Å². The van der Waals surface area contributed by atoms with Gasteiger partial charge in [-0.1, -0.05) is 0 Å². The maximum absolute atomic E-state index is 12.5. The summed E-state index contributed by atoms with van der Waals surface area (Å²) in [4.78, 5) is 25.4. The number of hydrogen-bond acceptors (Lipinski definition) is 5. The van der Waals surface area contributed by atoms with Gasteiger partial charge in [0.2, 0.25) is 12.7 Å². The number of carbonyl (C=O) groups is 2. The Balaban J connectivity index is 1.76. The first kappa shape index (κ1) is 13.5. The smallest absolute Gasteiger partial charge is 0.256 e. The minimum Gasteiger partial charge on any atom is -0.454 e. The number of carbonyl (C=O) groups excluding carboxylic acids is 2. The van der Waals surface area contributed by atoms with Gasteiger partial charge in [0.1, 0.15) is 0 Å². The topological polar surface area (TPSA) is 108 Å². The lowest BCUT2D eigenvalue weighted by Crippen LogP contribution is -2.41. The predicted octanol–water partition coefficient (Wildman–Crippen LogP) is 0.335. The van der Waals surface area contributed by atoms with Gasteiger partial charge in [-0.25, -0.2) is 0 Å². The van der Waals surface area contributed by atoms with Crippen molar-refractivity contribution in [3.8, 4) is 11.5 Å². The second-order valence-electron chi connectivity index (χ2n) is 5.26. The van der Waals surface area contributed by atoms with Gasteiger partial charge >= 0.3 is 0 Å². The normalized spacial score (nSPS) is 17.8. The van der Waals surface area contributed by atoms with E-state index in [9.17, 15) is 9.59 Å². The summed E-state index contributed by atoms with van der Waals surface area (Å²) in [6, 6.07) is 3.21. The second kappa shape index (κ2) is 5.16. The first-order valence-corrected chi connectivity index (χ1v) is 6.84. The third-order valence-corrected chi connectivity index (χ3v) is 3.96. The van der Waals surface area contributed by atoms with Crippen molar-refractivity contribution in [1.29, 1.82) is 0 Å². The van der Waals surface area contributed by atoms with Crippen LogP contribution in [-0.4, -0.2) is 36.6 Å². The number of benzene rings is 1. The predicted molar refractivity (Wildman–Crippen MR) is 74.8 cm³/mol. The molecule has 2 heterocycles. The highest BCUT2D eigenvalue weighted by Gasteiger charge is 2.28. The summed E-state index contributed by atoms with van der Waals surface area (Å²) in [7, 11) is 0. The molecule has 0 radical (unpaired) electrons. The van der Waals surface area contributed by atoms with E-state index in [1.807, 2.05) is 0 Å². The fourth-order valence-electron chi connectivity index (χ4n) is 2.68. The number of rotatable bonds is 2. The molecule has 2 amide bonds. The minimum atomic E-state index is -0.301. The number of amides is 2. The number of anilines is 1. The molecule has 1 saturated heterocycles. The lowest BCUT2D eigenvalue weighted by molar-refractivity contribution is -0.123. The van der Waals surface area contributed by atoms with E-state index in [0.717, 1.165) is 0 Å². The first-order chi connectivity index (χ1) is 10.1. The van der Waals surface area contributed by atoms with Crippen molar-refractivity contribution in [3.63, 3.8) is 0 Å². The van der Waals surface area contributed by atoms with Gasteiger partial charge < -0.3 is 25.8 Å². The van der Waals surface area contributed by atoms with E-state index in [1.165, 1.54) is 0 Å². The number of hydrogen-bond donors (Lipinski definition) is 2. The van der Waals surface area contributed by atoms with Crippen LogP contribution in [0.15, 0.2) is 12.1 Å². The number of nitrogens with two attached hydrogens (primary N) is 2. The van der Waals surface area contributed by atoms with Crippen molar-refractivity contribution in [2.45, 2.75) is 12.8 Å². The highest BCUT2D eigenvalue weighted by atomic mass is 16.7. The number of likely N-dealkylation sites (tertiary alicyclic amines) is 1. The standard InChI is InChI=1S/C14H17N3O4/c15-10-6-12-11(20-7-21-12)5-9(10)14(19)17-3-1-8(2-4-17)13(16)18/h5-6,8H,1-4,7,15H2,(H2,16,18). The average Bonchev–Trinajstić information content (AvgIpc) is 2.93. The van der Waals surface area contributed by atoms with Crippen LogP contribution in [0.25, 0.3) is 0 Å². The maximum atomic E-state index is 12.5. The van der Waals surface area contributed by atoms with Crippen LogP contribution in [-0.2, 0) is 4.79 Å². The van der Waals surface area contributed by atoms with E-state index in [2.05, 4.69) is 0 Å². The number of fused-ring (bicyclic) bond motifs is 1. The Morgan fingerprint density at radius 2 is 1.76 bits per heavy atom. The largest absolute Gasteiger partial charge is 0.454 e. The molecule has 1 aromatic rings. The molecule has 7 heteroatoms. The molecule has 1 fully saturated rings. The third-order valence-electron chi connectivity index (χ3n) is 3.96. The van der Waals surface area contributed by atoms with E-state index in [1.54, 1.807) is 17.0 Å². The van der Waals surface area contributed by atoms with E-state index in [0.29, 0.717) is 48.7 Å². The number of primary amides is 1. The molecule has 0 aromatic heterocycles. The number of nitrogen functional groups attached to an aromatic ring is 1. The van der Waals surface area contributed by atoms with E-state index < -0.39 is 0 Å². The third kappa shape index (κ3) is 2.46. The Hall–Kier alpha value is -2.44. The molecule has 0 bridgehead atoms. The van der Waals surface area contributed by atoms with E-state index in [-0.39, 0.29) is 24.5 Å². The zero-order valence-corrected chi connectivity index (χ0v) is 11.5. The van der Waals surface area contributed by atoms with Crippen LogP contribution in [0.1, 0.15) is 23.2 Å². The lowest BCUT2D eigenvalue weighted by Gasteiger charge is -2.30. The molecule has 0 unspecified atom stereocenters. The number of ether oxygens (including phenoxy) is 2. The fraction of sp³-hybridized carbons (Fsp3) is 0.429. The van der Waals surface area contributed by atoms with Gasteiger partial charge in [0.25, 0.3) is 5.91 Å². The maximum Gasteiger partial charge on any atom is 0.256 e. The molecule has 4 N–H and O–H groups in total. The van der Waals surface area contributed by atoms with Gasteiger partial charge in [-0.05, 0) is 18.9 Å². The first-order valence-electron chi connectivity index (χ1n) is 6.84. The van der Waals surface area contributed by atoms with E-state index >= 15 is 0 Å². The molecule has 0 saturated carbocycles. The number of piperidine rings is 1. The number of nitrogens with zero attached hydrogens (tertiary/aromatic N) is 1. The summed E-state index contributed by atoms with van der Waals surface area (Å²) >= 11 is 0. The van der Waals surface area contributed by atoms with Crippen molar-refractivity contribution in [2.24, 2.45) is 11.7 Å². The van der Waals surface area contributed by atoms with Gasteiger partial charge in [0, 0.05) is 30.8 Å². The highest BCUT2D eigenvalue weighted by molar-refractivity contribution is 6.00. The van der Waals surface area contributed by atoms with Crippen LogP contribution in [0.2, 0.25) is 0 Å². The Kier molecular flexibility index (Phi) is 3.32. The van der Waals surface area contributed by atoms with Gasteiger partial charge in [0.15, 0.2) is 11.5 Å². The molecule has 0 spiro atoms. The molecule has 0 atom stereocenters. The molecule has 2 aliphatic heterocycles. The van der Waals surface area contributed by atoms with Gasteiger partial charge in [-0.3, -0.25) is 9.59 Å². The molecule has 2 aliphatic rings. The fourth-order valence-corrected chi connectivity index (χ4v) is 2.68. The molecule has 7 nitrogen and oxygen atoms in total. The molecular formula is C14H17N3O4. The van der Waals surface area contributed by atoms with Crippen molar-refractivity contribution in [2.75, 3.05) is 25.6 Å². The Labute approximate surface area is 121 Å². The average molecular weight is 291 g/mol. The van der Waals surface area contributed by atoms with Crippen LogP contribution in [0.4, 0.5) is 5.69 Å². The highest BCUT2D eigenvalue weighted by Crippen LogP contribution is 2.36. The second-order valence-corrected chi connectivity index (χ2v) is 5.26. The molecule has 1 aromatic carbocycles. The SMILES string of the molecule is NC(=O)C1CCN(C(=O)c2cc3c(cc2N)OCO3)CC1. The summed E-state index contributed by atoms with van der Waals surface area (Å²) in [5, 5.41) is 0. The molecule has 0 aliphatic carbocycles. The summed E-state index contributed by atoms with van der Waals surface area (Å²) in [5.41, 5.74) is 12.0. The summed E-state index contributed by atoms with van der Waals surface area (Å²) in [6.45, 7) is 1.14. The van der Waals surface area contributed by atoms with Crippen molar-refractivity contribution in [1.82, 2.24) is 4.90 Å². The van der Waals surface area contributed by atoms with Crippen LogP contribution in [0.5, 0.6) is 11.5 Å². The van der Waals surface area contributed by atoms with Gasteiger partial charge in [-0.2, -0.15) is 0 Å². The van der Waals surface area contributed by atoms with Crippen LogP contribution < -0.4 is 20.9 Å². The zero-order chi connectivity index (χ0) is 15.0. The van der Waals surface area contributed by atoms with Crippen LogP contribution in [0.3, 0.4) is 0 Å².